The Balaban J connectivity index is 1.93. The molecule has 2 aromatic carbocycles. The van der Waals surface area contributed by atoms with Crippen LogP contribution in [0.15, 0.2) is 30.3 Å². The Labute approximate surface area is 166 Å². The Morgan fingerprint density at radius 1 is 1.04 bits per heavy atom. The van der Waals surface area contributed by atoms with Crippen LogP contribution >= 0.6 is 11.6 Å². The molecule has 0 amide bonds. The molecule has 2 nitrogen and oxygen atoms in total. The summed E-state index contributed by atoms with van der Waals surface area (Å²) in [6.07, 6.45) is 3.43. The topological polar surface area (TPSA) is 8.17 Å². The van der Waals surface area contributed by atoms with Crippen molar-refractivity contribution in [2.75, 3.05) is 20.1 Å². The van der Waals surface area contributed by atoms with E-state index in [1.807, 2.05) is 22.8 Å². The van der Waals surface area contributed by atoms with Crippen LogP contribution < -0.4 is 0 Å². The lowest BCUT2D eigenvalue weighted by atomic mass is 10.1. The standard InChI is InChI=1S/C22H20ClF3N2/c1-13(22-18(25)10-15(24)11-19(22)26)12-28-20-4-3-14(23)9-17(20)16-5-7-27(2)8-6-21(16)28/h3-4,9-12H,5-8H2,1-2H3/b13-12+. The van der Waals surface area contributed by atoms with Gasteiger partial charge in [0, 0.05) is 53.9 Å². The molecule has 3 aromatic rings. The molecule has 0 aliphatic carbocycles. The molecule has 1 aromatic heterocycles. The van der Waals surface area contributed by atoms with Crippen molar-refractivity contribution in [1.82, 2.24) is 9.47 Å². The van der Waals surface area contributed by atoms with Gasteiger partial charge in [0.1, 0.15) is 17.5 Å². The maximum absolute atomic E-state index is 14.3. The lowest BCUT2D eigenvalue weighted by Gasteiger charge is -2.13. The third-order valence-electron chi connectivity index (χ3n) is 5.38. The molecule has 0 bridgehead atoms. The highest BCUT2D eigenvalue weighted by Crippen LogP contribution is 2.33. The average molecular weight is 405 g/mol. The molecule has 0 fully saturated rings. The van der Waals surface area contributed by atoms with Gasteiger partial charge >= 0.3 is 0 Å². The summed E-state index contributed by atoms with van der Waals surface area (Å²) in [4.78, 5) is 2.26. The third-order valence-corrected chi connectivity index (χ3v) is 5.62. The van der Waals surface area contributed by atoms with Crippen molar-refractivity contribution in [1.29, 1.82) is 0 Å². The normalized spacial score (nSPS) is 15.7. The second-order valence-corrected chi connectivity index (χ2v) is 7.75. The van der Waals surface area contributed by atoms with Gasteiger partial charge in [0.2, 0.25) is 0 Å². The quantitative estimate of drug-likeness (QED) is 0.527. The second kappa shape index (κ2) is 7.30. The molecule has 0 radical (unpaired) electrons. The van der Waals surface area contributed by atoms with Gasteiger partial charge in [0.25, 0.3) is 0 Å². The fourth-order valence-electron chi connectivity index (χ4n) is 3.99. The van der Waals surface area contributed by atoms with E-state index in [0.29, 0.717) is 22.7 Å². The summed E-state index contributed by atoms with van der Waals surface area (Å²) in [5, 5.41) is 1.71. The van der Waals surface area contributed by atoms with Crippen LogP contribution in [0.2, 0.25) is 5.02 Å². The molecular formula is C22H20ClF3N2. The van der Waals surface area contributed by atoms with Crippen LogP contribution in [0.3, 0.4) is 0 Å². The van der Waals surface area contributed by atoms with Gasteiger partial charge < -0.3 is 9.47 Å². The highest BCUT2D eigenvalue weighted by molar-refractivity contribution is 6.31. The molecule has 6 heteroatoms. The van der Waals surface area contributed by atoms with Gasteiger partial charge in [-0.3, -0.25) is 0 Å². The molecular weight excluding hydrogens is 385 g/mol. The van der Waals surface area contributed by atoms with Crippen LogP contribution in [0.25, 0.3) is 22.7 Å². The zero-order chi connectivity index (χ0) is 20.0. The van der Waals surface area contributed by atoms with E-state index in [0.717, 1.165) is 42.5 Å². The fraction of sp³-hybridized carbons (Fsp3) is 0.273. The van der Waals surface area contributed by atoms with Crippen molar-refractivity contribution in [3.05, 3.63) is 69.6 Å². The molecule has 0 unspecified atom stereocenters. The van der Waals surface area contributed by atoms with Gasteiger partial charge in [-0.15, -0.1) is 0 Å². The molecule has 2 heterocycles. The van der Waals surface area contributed by atoms with Gasteiger partial charge in [-0.05, 0) is 49.7 Å². The van der Waals surface area contributed by atoms with E-state index in [4.69, 9.17) is 11.6 Å². The SMILES string of the molecule is C/C(=C\n1c2c(c3cc(Cl)ccc31)CCN(C)CC2)c1c(F)cc(F)cc1F. The van der Waals surface area contributed by atoms with E-state index in [1.54, 1.807) is 13.1 Å². The maximum atomic E-state index is 14.3. The third kappa shape index (κ3) is 3.33. The Hall–Kier alpha value is -2.24. The molecule has 0 atom stereocenters. The fourth-order valence-corrected chi connectivity index (χ4v) is 4.16. The van der Waals surface area contributed by atoms with E-state index in [2.05, 4.69) is 11.9 Å². The van der Waals surface area contributed by atoms with Crippen LogP contribution in [0.4, 0.5) is 13.2 Å². The zero-order valence-corrected chi connectivity index (χ0v) is 16.5. The highest BCUT2D eigenvalue weighted by Gasteiger charge is 2.21. The first-order valence-corrected chi connectivity index (χ1v) is 9.56. The summed E-state index contributed by atoms with van der Waals surface area (Å²) in [6.45, 7) is 3.46. The minimum Gasteiger partial charge on any atom is -0.320 e. The molecule has 0 N–H and O–H groups in total. The molecule has 146 valence electrons. The summed E-state index contributed by atoms with van der Waals surface area (Å²) in [6, 6.07) is 7.10. The lowest BCUT2D eigenvalue weighted by molar-refractivity contribution is 0.351. The number of nitrogens with zero attached hydrogens (tertiary/aromatic N) is 2. The molecule has 1 aliphatic rings. The first-order valence-electron chi connectivity index (χ1n) is 9.18. The summed E-state index contributed by atoms with van der Waals surface area (Å²) < 4.78 is 43.8. The van der Waals surface area contributed by atoms with Crippen molar-refractivity contribution in [3.8, 4) is 0 Å². The largest absolute Gasteiger partial charge is 0.320 e. The van der Waals surface area contributed by atoms with Gasteiger partial charge in [0.05, 0.1) is 11.1 Å². The monoisotopic (exact) mass is 404 g/mol. The van der Waals surface area contributed by atoms with Crippen LogP contribution in [0.1, 0.15) is 23.7 Å². The molecule has 28 heavy (non-hydrogen) atoms. The first-order chi connectivity index (χ1) is 13.3. The van der Waals surface area contributed by atoms with Crippen LogP contribution in [0, 0.1) is 17.5 Å². The summed E-state index contributed by atoms with van der Waals surface area (Å²) in [7, 11) is 2.08. The van der Waals surface area contributed by atoms with Crippen molar-refractivity contribution >= 4 is 34.3 Å². The molecule has 4 rings (SSSR count). The second-order valence-electron chi connectivity index (χ2n) is 7.32. The van der Waals surface area contributed by atoms with E-state index in [9.17, 15) is 13.2 Å². The Bertz CT molecular complexity index is 1080. The van der Waals surface area contributed by atoms with Crippen molar-refractivity contribution in [2.45, 2.75) is 19.8 Å². The average Bonchev–Trinajstić information content (AvgIpc) is 2.75. The number of rotatable bonds is 2. The van der Waals surface area contributed by atoms with Gasteiger partial charge in [-0.1, -0.05) is 11.6 Å². The van der Waals surface area contributed by atoms with Crippen molar-refractivity contribution in [2.24, 2.45) is 0 Å². The van der Waals surface area contributed by atoms with Crippen LogP contribution in [-0.4, -0.2) is 29.6 Å². The Kier molecular flexibility index (Phi) is 4.98. The van der Waals surface area contributed by atoms with Gasteiger partial charge in [0.15, 0.2) is 0 Å². The number of hydrogen-bond donors (Lipinski definition) is 0. The van der Waals surface area contributed by atoms with E-state index in [-0.39, 0.29) is 5.56 Å². The zero-order valence-electron chi connectivity index (χ0n) is 15.7. The van der Waals surface area contributed by atoms with Crippen molar-refractivity contribution < 1.29 is 13.2 Å². The smallest absolute Gasteiger partial charge is 0.136 e. The Morgan fingerprint density at radius 3 is 2.43 bits per heavy atom. The summed E-state index contributed by atoms with van der Waals surface area (Å²) in [5.74, 6) is -2.74. The van der Waals surface area contributed by atoms with Gasteiger partial charge in [-0.25, -0.2) is 13.2 Å². The number of hydrogen-bond acceptors (Lipinski definition) is 1. The molecule has 0 spiro atoms. The summed E-state index contributed by atoms with van der Waals surface area (Å²) >= 11 is 6.23. The molecule has 0 saturated heterocycles. The maximum Gasteiger partial charge on any atom is 0.136 e. The predicted molar refractivity (Wildman–Crippen MR) is 108 cm³/mol. The number of aromatic nitrogens is 1. The minimum absolute atomic E-state index is 0.211. The molecule has 0 saturated carbocycles. The van der Waals surface area contributed by atoms with Crippen LogP contribution in [0.5, 0.6) is 0 Å². The van der Waals surface area contributed by atoms with E-state index >= 15 is 0 Å². The Morgan fingerprint density at radius 2 is 1.71 bits per heavy atom. The molecule has 1 aliphatic heterocycles. The lowest BCUT2D eigenvalue weighted by Crippen LogP contribution is -2.21. The number of halogens is 4. The van der Waals surface area contributed by atoms with Crippen molar-refractivity contribution in [3.63, 3.8) is 0 Å². The number of likely N-dealkylation sites (N-methyl/N-ethyl adjacent to an activating group) is 1. The van der Waals surface area contributed by atoms with Gasteiger partial charge in [-0.2, -0.15) is 0 Å². The number of allylic oxidation sites excluding steroid dienone is 1. The predicted octanol–water partition coefficient (Wildman–Crippen LogP) is 5.76. The minimum atomic E-state index is -0.926. The van der Waals surface area contributed by atoms with E-state index in [1.165, 1.54) is 5.56 Å². The van der Waals surface area contributed by atoms with E-state index < -0.39 is 17.5 Å². The number of fused-ring (bicyclic) bond motifs is 3. The first kappa shape index (κ1) is 19.1. The van der Waals surface area contributed by atoms with Crippen LogP contribution in [-0.2, 0) is 12.8 Å². The number of benzene rings is 2. The highest BCUT2D eigenvalue weighted by atomic mass is 35.5. The summed E-state index contributed by atoms with van der Waals surface area (Å²) in [5.41, 5.74) is 3.45.